The average molecular weight is 448 g/mol. The van der Waals surface area contributed by atoms with Crippen molar-refractivity contribution in [2.45, 2.75) is 12.8 Å². The van der Waals surface area contributed by atoms with Gasteiger partial charge < -0.3 is 19.9 Å². The number of hydrogen-bond donors (Lipinski definition) is 2. The molecule has 10 nitrogen and oxygen atoms in total. The molecule has 2 heterocycles. The lowest BCUT2D eigenvalue weighted by Gasteiger charge is -2.18. The van der Waals surface area contributed by atoms with Crippen LogP contribution in [-0.4, -0.2) is 46.8 Å². The third kappa shape index (κ3) is 4.47. The highest BCUT2D eigenvalue weighted by Gasteiger charge is 2.22. The molecule has 0 aliphatic heterocycles. The van der Waals surface area contributed by atoms with E-state index in [9.17, 15) is 4.79 Å². The van der Waals surface area contributed by atoms with Gasteiger partial charge in [-0.25, -0.2) is 9.97 Å². The minimum absolute atomic E-state index is 0.170. The minimum atomic E-state index is -0.646. The maximum atomic E-state index is 12.0. The van der Waals surface area contributed by atoms with E-state index in [0.717, 1.165) is 11.1 Å². The van der Waals surface area contributed by atoms with Crippen molar-refractivity contribution in [3.63, 3.8) is 0 Å². The Bertz CT molecular complexity index is 1270. The summed E-state index contributed by atoms with van der Waals surface area (Å²) in [4.78, 5) is 20.9. The number of carbonyl (C=O) groups excluding carboxylic acids is 1. The van der Waals surface area contributed by atoms with E-state index in [1.165, 1.54) is 10.7 Å². The molecule has 4 rings (SSSR count). The molecule has 2 aromatic carbocycles. The van der Waals surface area contributed by atoms with E-state index in [2.05, 4.69) is 20.4 Å². The molecule has 0 aliphatic carbocycles. The molecular formula is C23H24N6O4. The standard InChI is InChI=1S/C23H24N6O4/c1-31-17-10-9-14(11-18(17)32-2)12-26-23(33-3)22-25-13-16(19(24)30)21-27-20(28-29(21)22)15-7-5-4-6-8-15/h4-11,13,23,26H,12H2,1-3H3,(H2,24,30). The van der Waals surface area contributed by atoms with Crippen LogP contribution in [0.2, 0.25) is 0 Å². The number of methoxy groups -OCH3 is 3. The first kappa shape index (κ1) is 22.2. The molecule has 2 aromatic heterocycles. The molecule has 1 atom stereocenters. The van der Waals surface area contributed by atoms with Crippen LogP contribution >= 0.6 is 0 Å². The lowest BCUT2D eigenvalue weighted by Crippen LogP contribution is -2.27. The molecule has 10 heteroatoms. The number of rotatable bonds is 9. The van der Waals surface area contributed by atoms with Crippen molar-refractivity contribution < 1.29 is 19.0 Å². The first-order valence-electron chi connectivity index (χ1n) is 10.1. The fourth-order valence-electron chi connectivity index (χ4n) is 3.43. The zero-order chi connectivity index (χ0) is 23.4. The van der Waals surface area contributed by atoms with Gasteiger partial charge in [-0.3, -0.25) is 10.1 Å². The molecule has 33 heavy (non-hydrogen) atoms. The largest absolute Gasteiger partial charge is 0.493 e. The van der Waals surface area contributed by atoms with Gasteiger partial charge in [0.05, 0.1) is 14.2 Å². The maximum absolute atomic E-state index is 12.0. The Balaban J connectivity index is 1.69. The van der Waals surface area contributed by atoms with E-state index in [4.69, 9.17) is 19.9 Å². The number of carbonyl (C=O) groups is 1. The summed E-state index contributed by atoms with van der Waals surface area (Å²) < 4.78 is 17.8. The van der Waals surface area contributed by atoms with Crippen LogP contribution in [0, 0.1) is 0 Å². The second-order valence-electron chi connectivity index (χ2n) is 7.12. The first-order chi connectivity index (χ1) is 16.0. The van der Waals surface area contributed by atoms with Crippen molar-refractivity contribution in [1.29, 1.82) is 0 Å². The second-order valence-corrected chi connectivity index (χ2v) is 7.12. The van der Waals surface area contributed by atoms with Gasteiger partial charge in [-0.05, 0) is 17.7 Å². The maximum Gasteiger partial charge on any atom is 0.254 e. The van der Waals surface area contributed by atoms with Crippen LogP contribution in [0.5, 0.6) is 11.5 Å². The summed E-state index contributed by atoms with van der Waals surface area (Å²) in [5, 5.41) is 7.87. The van der Waals surface area contributed by atoms with Crippen molar-refractivity contribution in [2.75, 3.05) is 21.3 Å². The molecule has 170 valence electrons. The van der Waals surface area contributed by atoms with Crippen LogP contribution in [0.4, 0.5) is 0 Å². The number of nitrogens with two attached hydrogens (primary N) is 1. The summed E-state index contributed by atoms with van der Waals surface area (Å²) in [7, 11) is 4.73. The Kier molecular flexibility index (Phi) is 6.48. The molecule has 0 bridgehead atoms. The third-order valence-electron chi connectivity index (χ3n) is 5.10. The highest BCUT2D eigenvalue weighted by Crippen LogP contribution is 2.28. The minimum Gasteiger partial charge on any atom is -0.493 e. The predicted octanol–water partition coefficient (Wildman–Crippen LogP) is 2.34. The topological polar surface area (TPSA) is 126 Å². The Morgan fingerprint density at radius 2 is 1.85 bits per heavy atom. The number of aromatic nitrogens is 4. The molecule has 4 aromatic rings. The molecule has 1 amide bonds. The quantitative estimate of drug-likeness (QED) is 0.374. The number of fused-ring (bicyclic) bond motifs is 1. The summed E-state index contributed by atoms with van der Waals surface area (Å²) in [5.74, 6) is 1.50. The van der Waals surface area contributed by atoms with Crippen LogP contribution in [0.25, 0.3) is 17.0 Å². The molecule has 0 aliphatic rings. The number of nitrogens with one attached hydrogen (secondary N) is 1. The highest BCUT2D eigenvalue weighted by molar-refractivity contribution is 5.98. The van der Waals surface area contributed by atoms with Crippen molar-refractivity contribution in [3.05, 3.63) is 71.7 Å². The van der Waals surface area contributed by atoms with Gasteiger partial charge >= 0.3 is 0 Å². The number of amides is 1. The number of benzene rings is 2. The molecular weight excluding hydrogens is 424 g/mol. The van der Waals surface area contributed by atoms with Gasteiger partial charge in [0.1, 0.15) is 5.56 Å². The van der Waals surface area contributed by atoms with Gasteiger partial charge in [-0.1, -0.05) is 36.4 Å². The van der Waals surface area contributed by atoms with Gasteiger partial charge in [-0.15, -0.1) is 5.10 Å². The molecule has 0 saturated heterocycles. The molecule has 0 radical (unpaired) electrons. The lowest BCUT2D eigenvalue weighted by atomic mass is 10.2. The monoisotopic (exact) mass is 448 g/mol. The van der Waals surface area contributed by atoms with E-state index < -0.39 is 12.1 Å². The van der Waals surface area contributed by atoms with E-state index >= 15 is 0 Å². The van der Waals surface area contributed by atoms with Crippen molar-refractivity contribution >= 4 is 11.6 Å². The number of hydrogen-bond acceptors (Lipinski definition) is 8. The van der Waals surface area contributed by atoms with Gasteiger partial charge in [0.15, 0.2) is 35.0 Å². The molecule has 0 fully saturated rings. The fourth-order valence-corrected chi connectivity index (χ4v) is 3.43. The van der Waals surface area contributed by atoms with Crippen LogP contribution in [0.1, 0.15) is 28.0 Å². The lowest BCUT2D eigenvalue weighted by molar-refractivity contribution is 0.0628. The van der Waals surface area contributed by atoms with E-state index in [1.807, 2.05) is 48.5 Å². The summed E-state index contributed by atoms with van der Waals surface area (Å²) >= 11 is 0. The van der Waals surface area contributed by atoms with Crippen molar-refractivity contribution in [2.24, 2.45) is 5.73 Å². The molecule has 0 spiro atoms. The van der Waals surface area contributed by atoms with Gasteiger partial charge in [0, 0.05) is 25.4 Å². The van der Waals surface area contributed by atoms with Crippen LogP contribution in [0.3, 0.4) is 0 Å². The van der Waals surface area contributed by atoms with E-state index in [-0.39, 0.29) is 5.56 Å². The Labute approximate surface area is 190 Å². The zero-order valence-electron chi connectivity index (χ0n) is 18.5. The third-order valence-corrected chi connectivity index (χ3v) is 5.10. The SMILES string of the molecule is COc1ccc(CNC(OC)c2ncc(C(N)=O)c3nc(-c4ccccc4)nn23)cc1OC. The summed E-state index contributed by atoms with van der Waals surface area (Å²) in [6, 6.07) is 15.1. The molecule has 3 N–H and O–H groups in total. The predicted molar refractivity (Wildman–Crippen MR) is 121 cm³/mol. The van der Waals surface area contributed by atoms with E-state index in [0.29, 0.717) is 35.3 Å². The number of nitrogens with zero attached hydrogens (tertiary/aromatic N) is 4. The smallest absolute Gasteiger partial charge is 0.254 e. The van der Waals surface area contributed by atoms with Gasteiger partial charge in [0.25, 0.3) is 5.91 Å². The second kappa shape index (κ2) is 9.63. The van der Waals surface area contributed by atoms with Crippen molar-refractivity contribution in [1.82, 2.24) is 24.9 Å². The Hall–Kier alpha value is -4.02. The van der Waals surface area contributed by atoms with Crippen LogP contribution in [-0.2, 0) is 11.3 Å². The van der Waals surface area contributed by atoms with E-state index in [1.54, 1.807) is 21.3 Å². The zero-order valence-corrected chi connectivity index (χ0v) is 18.5. The summed E-state index contributed by atoms with van der Waals surface area (Å²) in [5.41, 5.74) is 7.77. The van der Waals surface area contributed by atoms with Crippen LogP contribution < -0.4 is 20.5 Å². The highest BCUT2D eigenvalue weighted by atomic mass is 16.5. The first-order valence-corrected chi connectivity index (χ1v) is 10.1. The van der Waals surface area contributed by atoms with Gasteiger partial charge in [0.2, 0.25) is 0 Å². The summed E-state index contributed by atoms with van der Waals surface area (Å²) in [6.07, 6.45) is 0.744. The molecule has 0 saturated carbocycles. The summed E-state index contributed by atoms with van der Waals surface area (Å²) in [6.45, 7) is 0.444. The number of ether oxygens (including phenoxy) is 3. The van der Waals surface area contributed by atoms with Crippen molar-refractivity contribution in [3.8, 4) is 22.9 Å². The fraction of sp³-hybridized carbons (Fsp3) is 0.217. The normalized spacial score (nSPS) is 12.0. The average Bonchev–Trinajstić information content (AvgIpc) is 3.30. The molecule has 1 unspecified atom stereocenters. The Morgan fingerprint density at radius 3 is 2.52 bits per heavy atom. The Morgan fingerprint density at radius 1 is 1.09 bits per heavy atom. The van der Waals surface area contributed by atoms with Crippen LogP contribution in [0.15, 0.2) is 54.7 Å². The van der Waals surface area contributed by atoms with Gasteiger partial charge in [-0.2, -0.15) is 4.52 Å². The number of primary amides is 1.